The second-order valence-corrected chi connectivity index (χ2v) is 10.8. The number of benzene rings is 3. The highest BCUT2D eigenvalue weighted by molar-refractivity contribution is 5.79. The molecule has 0 saturated carbocycles. The summed E-state index contributed by atoms with van der Waals surface area (Å²) in [5, 5.41) is 10.1. The molecule has 0 aromatic heterocycles. The molecule has 3 nitrogen and oxygen atoms in total. The van der Waals surface area contributed by atoms with E-state index in [0.717, 1.165) is 62.0 Å². The largest absolute Gasteiger partial charge is 0.481 e. The molecule has 0 radical (unpaired) electrons. The summed E-state index contributed by atoms with van der Waals surface area (Å²) in [7, 11) is 0. The predicted octanol–water partition coefficient (Wildman–Crippen LogP) is 8.58. The van der Waals surface area contributed by atoms with Gasteiger partial charge in [0.05, 0.1) is 11.5 Å². The number of anilines is 1. The Morgan fingerprint density at radius 2 is 1.68 bits per heavy atom. The number of alkyl halides is 3. The van der Waals surface area contributed by atoms with Gasteiger partial charge in [0.2, 0.25) is 0 Å². The van der Waals surface area contributed by atoms with Gasteiger partial charge in [0.1, 0.15) is 0 Å². The highest BCUT2D eigenvalue weighted by Crippen LogP contribution is 2.37. The Balaban J connectivity index is 1.72. The molecular weight excluding hydrogens is 487 g/mol. The molecule has 0 amide bonds. The average molecular weight is 524 g/mol. The van der Waals surface area contributed by atoms with Gasteiger partial charge >= 0.3 is 12.1 Å². The number of carbonyl (C=O) groups is 1. The van der Waals surface area contributed by atoms with Crippen molar-refractivity contribution in [1.29, 1.82) is 0 Å². The Kier molecular flexibility index (Phi) is 8.80. The molecule has 1 unspecified atom stereocenters. The first kappa shape index (κ1) is 27.7. The van der Waals surface area contributed by atoms with Crippen molar-refractivity contribution < 1.29 is 23.1 Å². The van der Waals surface area contributed by atoms with Crippen LogP contribution in [0.25, 0.3) is 11.1 Å². The highest BCUT2D eigenvalue weighted by atomic mass is 19.4. The molecule has 2 atom stereocenters. The van der Waals surface area contributed by atoms with Crippen LogP contribution in [0.15, 0.2) is 72.8 Å². The second kappa shape index (κ2) is 12.1. The third-order valence-corrected chi connectivity index (χ3v) is 7.46. The first-order chi connectivity index (χ1) is 18.1. The summed E-state index contributed by atoms with van der Waals surface area (Å²) in [6.45, 7) is 4.87. The van der Waals surface area contributed by atoms with Crippen molar-refractivity contribution in [2.45, 2.75) is 70.5 Å². The summed E-state index contributed by atoms with van der Waals surface area (Å²) in [4.78, 5) is 14.7. The number of piperidine rings is 1. The van der Waals surface area contributed by atoms with E-state index >= 15 is 0 Å². The van der Waals surface area contributed by atoms with E-state index in [9.17, 15) is 23.1 Å². The molecule has 0 spiro atoms. The zero-order chi connectivity index (χ0) is 27.3. The molecule has 38 heavy (non-hydrogen) atoms. The fourth-order valence-electron chi connectivity index (χ4n) is 5.49. The van der Waals surface area contributed by atoms with E-state index in [0.29, 0.717) is 23.6 Å². The number of halogens is 3. The molecule has 1 aliphatic rings. The fourth-order valence-corrected chi connectivity index (χ4v) is 5.49. The topological polar surface area (TPSA) is 40.5 Å². The van der Waals surface area contributed by atoms with E-state index in [4.69, 9.17) is 0 Å². The number of rotatable bonds is 9. The molecule has 1 saturated heterocycles. The van der Waals surface area contributed by atoms with E-state index in [1.807, 2.05) is 38.1 Å². The molecule has 1 aliphatic heterocycles. The molecule has 1 N–H and O–H groups in total. The second-order valence-electron chi connectivity index (χ2n) is 10.8. The summed E-state index contributed by atoms with van der Waals surface area (Å²) in [5.74, 6) is -1.38. The van der Waals surface area contributed by atoms with Crippen LogP contribution in [0.2, 0.25) is 0 Å². The standard InChI is InChI=1S/C32H36F3NO2/c1-22(2)18-30(31(37)38)26-19-25(24-12-14-27(15-13-24)32(33,34)35)20-29(21-26)36-17-7-6-10-28(36)16-11-23-8-4-3-5-9-23/h3-5,8-9,12-15,19-22,28,30H,6-7,10-11,16-18H2,1-2H3,(H,37,38)/t28-,30?/m1/s1. The summed E-state index contributed by atoms with van der Waals surface area (Å²) >= 11 is 0. The lowest BCUT2D eigenvalue weighted by molar-refractivity contribution is -0.139. The smallest absolute Gasteiger partial charge is 0.416 e. The van der Waals surface area contributed by atoms with Crippen LogP contribution in [0.5, 0.6) is 0 Å². The van der Waals surface area contributed by atoms with Gasteiger partial charge in [0.15, 0.2) is 0 Å². The van der Waals surface area contributed by atoms with Crippen molar-refractivity contribution in [2.75, 3.05) is 11.4 Å². The molecule has 6 heteroatoms. The first-order valence-corrected chi connectivity index (χ1v) is 13.5. The van der Waals surface area contributed by atoms with Crippen molar-refractivity contribution in [2.24, 2.45) is 5.92 Å². The maximum Gasteiger partial charge on any atom is 0.416 e. The highest BCUT2D eigenvalue weighted by Gasteiger charge is 2.30. The number of aliphatic carboxylic acids is 1. The maximum absolute atomic E-state index is 13.2. The van der Waals surface area contributed by atoms with E-state index in [1.165, 1.54) is 17.7 Å². The van der Waals surface area contributed by atoms with Gasteiger partial charge < -0.3 is 10.0 Å². The van der Waals surface area contributed by atoms with Gasteiger partial charge in [-0.3, -0.25) is 4.79 Å². The summed E-state index contributed by atoms with van der Waals surface area (Å²) in [6.07, 6.45) is 1.28. The van der Waals surface area contributed by atoms with Crippen molar-refractivity contribution >= 4 is 11.7 Å². The molecule has 1 fully saturated rings. The van der Waals surface area contributed by atoms with Crippen LogP contribution in [0.3, 0.4) is 0 Å². The zero-order valence-electron chi connectivity index (χ0n) is 22.0. The van der Waals surface area contributed by atoms with Gasteiger partial charge in [-0.05, 0) is 91.0 Å². The van der Waals surface area contributed by atoms with Crippen molar-refractivity contribution in [3.63, 3.8) is 0 Å². The molecule has 0 bridgehead atoms. The van der Waals surface area contributed by atoms with Crippen LogP contribution in [-0.4, -0.2) is 23.7 Å². The Morgan fingerprint density at radius 3 is 2.32 bits per heavy atom. The molecule has 1 heterocycles. The van der Waals surface area contributed by atoms with Crippen LogP contribution < -0.4 is 4.90 Å². The normalized spacial score (nSPS) is 17.0. The van der Waals surface area contributed by atoms with Gasteiger partial charge in [-0.25, -0.2) is 0 Å². The Hall–Kier alpha value is -3.28. The fraction of sp³-hybridized carbons (Fsp3) is 0.406. The lowest BCUT2D eigenvalue weighted by atomic mass is 9.87. The molecular formula is C32H36F3NO2. The molecule has 0 aliphatic carbocycles. The quantitative estimate of drug-likeness (QED) is 0.305. The summed E-state index contributed by atoms with van der Waals surface area (Å²) in [6, 6.07) is 21.7. The van der Waals surface area contributed by atoms with Crippen LogP contribution in [0.4, 0.5) is 18.9 Å². The minimum absolute atomic E-state index is 0.183. The van der Waals surface area contributed by atoms with Crippen LogP contribution in [-0.2, 0) is 17.4 Å². The van der Waals surface area contributed by atoms with Crippen LogP contribution in [0.1, 0.15) is 68.6 Å². The maximum atomic E-state index is 13.2. The van der Waals surface area contributed by atoms with Crippen molar-refractivity contribution in [3.05, 3.63) is 89.5 Å². The Labute approximate surface area is 223 Å². The van der Waals surface area contributed by atoms with Gasteiger partial charge in [0, 0.05) is 18.3 Å². The van der Waals surface area contributed by atoms with Gasteiger partial charge in [-0.15, -0.1) is 0 Å². The molecule has 202 valence electrons. The van der Waals surface area contributed by atoms with E-state index in [-0.39, 0.29) is 5.92 Å². The first-order valence-electron chi connectivity index (χ1n) is 13.5. The third-order valence-electron chi connectivity index (χ3n) is 7.46. The van der Waals surface area contributed by atoms with Crippen molar-refractivity contribution in [3.8, 4) is 11.1 Å². The minimum atomic E-state index is -4.41. The summed E-state index contributed by atoms with van der Waals surface area (Å²) in [5.41, 5.74) is 3.63. The molecule has 3 aromatic rings. The predicted molar refractivity (Wildman–Crippen MR) is 146 cm³/mol. The number of hydrogen-bond acceptors (Lipinski definition) is 2. The SMILES string of the molecule is CC(C)CC(C(=O)O)c1cc(-c2ccc(C(F)(F)F)cc2)cc(N2CCCC[C@@H]2CCc2ccccc2)c1. The monoisotopic (exact) mass is 523 g/mol. The van der Waals surface area contributed by atoms with Crippen LogP contribution >= 0.6 is 0 Å². The minimum Gasteiger partial charge on any atom is -0.481 e. The van der Waals surface area contributed by atoms with Crippen LogP contribution in [0, 0.1) is 5.92 Å². The number of hydrogen-bond donors (Lipinski definition) is 1. The average Bonchev–Trinajstić information content (AvgIpc) is 2.90. The lowest BCUT2D eigenvalue weighted by Crippen LogP contribution is -2.40. The zero-order valence-corrected chi connectivity index (χ0v) is 22.0. The summed E-state index contributed by atoms with van der Waals surface area (Å²) < 4.78 is 39.5. The number of carboxylic acid groups (broad SMARTS) is 1. The Bertz CT molecular complexity index is 1210. The van der Waals surface area contributed by atoms with E-state index < -0.39 is 23.6 Å². The Morgan fingerprint density at radius 1 is 0.974 bits per heavy atom. The third kappa shape index (κ3) is 6.97. The molecule has 3 aromatic carbocycles. The number of aryl methyl sites for hydroxylation is 1. The molecule has 4 rings (SSSR count). The van der Waals surface area contributed by atoms with Crippen molar-refractivity contribution in [1.82, 2.24) is 0 Å². The van der Waals surface area contributed by atoms with Gasteiger partial charge in [0.25, 0.3) is 0 Å². The van der Waals surface area contributed by atoms with Gasteiger partial charge in [-0.2, -0.15) is 13.2 Å². The lowest BCUT2D eigenvalue weighted by Gasteiger charge is -2.38. The van der Waals surface area contributed by atoms with E-state index in [1.54, 1.807) is 0 Å². The van der Waals surface area contributed by atoms with E-state index in [2.05, 4.69) is 29.2 Å². The van der Waals surface area contributed by atoms with Gasteiger partial charge in [-0.1, -0.05) is 62.4 Å². The number of carboxylic acids is 1. The number of nitrogens with zero attached hydrogens (tertiary/aromatic N) is 1.